The Balaban J connectivity index is 3.02. The van der Waals surface area contributed by atoms with Crippen LogP contribution in [-0.2, 0) is 6.42 Å². The molecule has 0 radical (unpaired) electrons. The lowest BCUT2D eigenvalue weighted by molar-refractivity contribution is 0.412. The molecule has 0 heterocycles. The second-order valence-corrected chi connectivity index (χ2v) is 6.31. The Morgan fingerprint density at radius 1 is 1.14 bits per heavy atom. The molecule has 3 nitrogen and oxygen atoms in total. The fraction of sp³-hybridized carbons (Fsp3) is 0.647. The molecule has 1 rings (SSSR count). The van der Waals surface area contributed by atoms with Crippen LogP contribution in [0.4, 0.5) is 5.69 Å². The summed E-state index contributed by atoms with van der Waals surface area (Å²) in [6, 6.07) is 6.35. The summed E-state index contributed by atoms with van der Waals surface area (Å²) in [5.74, 6) is 0. The number of hydrogen-bond donors (Lipinski definition) is 1. The number of hydrogen-bond acceptors (Lipinski definition) is 3. The van der Waals surface area contributed by atoms with Gasteiger partial charge in [-0.2, -0.15) is 0 Å². The van der Waals surface area contributed by atoms with Crippen molar-refractivity contribution in [2.45, 2.75) is 39.2 Å². The van der Waals surface area contributed by atoms with Gasteiger partial charge in [0.15, 0.2) is 0 Å². The van der Waals surface area contributed by atoms with Crippen LogP contribution in [0.25, 0.3) is 0 Å². The van der Waals surface area contributed by atoms with Gasteiger partial charge in [-0.05, 0) is 51.1 Å². The Morgan fingerprint density at radius 2 is 1.86 bits per heavy atom. The van der Waals surface area contributed by atoms with Crippen molar-refractivity contribution in [1.29, 1.82) is 0 Å². The van der Waals surface area contributed by atoms with Crippen LogP contribution in [0, 0.1) is 0 Å². The monoisotopic (exact) mass is 311 g/mol. The third-order valence-electron chi connectivity index (χ3n) is 3.74. The summed E-state index contributed by atoms with van der Waals surface area (Å²) in [7, 11) is 4.21. The molecule has 1 atom stereocenters. The first-order valence-electron chi connectivity index (χ1n) is 7.92. The highest BCUT2D eigenvalue weighted by molar-refractivity contribution is 6.31. The molecule has 120 valence electrons. The van der Waals surface area contributed by atoms with Crippen LogP contribution in [0.3, 0.4) is 0 Å². The van der Waals surface area contributed by atoms with E-state index in [2.05, 4.69) is 43.8 Å². The lowest BCUT2D eigenvalue weighted by Gasteiger charge is -2.29. The minimum atomic E-state index is 0.168. The Kier molecular flexibility index (Phi) is 8.09. The van der Waals surface area contributed by atoms with Crippen LogP contribution < -0.4 is 10.6 Å². The molecular weight excluding hydrogens is 282 g/mol. The van der Waals surface area contributed by atoms with Crippen molar-refractivity contribution in [2.24, 2.45) is 5.73 Å². The second kappa shape index (κ2) is 9.29. The van der Waals surface area contributed by atoms with Crippen molar-refractivity contribution in [3.05, 3.63) is 28.8 Å². The first kappa shape index (κ1) is 18.3. The van der Waals surface area contributed by atoms with E-state index in [1.807, 2.05) is 12.1 Å². The van der Waals surface area contributed by atoms with Gasteiger partial charge in [-0.3, -0.25) is 0 Å². The Labute approximate surface area is 135 Å². The van der Waals surface area contributed by atoms with Gasteiger partial charge in [-0.15, -0.1) is 0 Å². The number of halogens is 1. The van der Waals surface area contributed by atoms with Crippen molar-refractivity contribution in [2.75, 3.05) is 38.6 Å². The summed E-state index contributed by atoms with van der Waals surface area (Å²) in [6.07, 6.45) is 2.93. The summed E-state index contributed by atoms with van der Waals surface area (Å²) in [5.41, 5.74) is 8.59. The summed E-state index contributed by atoms with van der Waals surface area (Å²) < 4.78 is 0. The van der Waals surface area contributed by atoms with E-state index < -0.39 is 0 Å². The Bertz CT molecular complexity index is 420. The van der Waals surface area contributed by atoms with E-state index in [1.54, 1.807) is 0 Å². The molecule has 0 aliphatic rings. The van der Waals surface area contributed by atoms with Gasteiger partial charge in [0.1, 0.15) is 0 Å². The highest BCUT2D eigenvalue weighted by Crippen LogP contribution is 2.29. The van der Waals surface area contributed by atoms with Crippen LogP contribution in [0.5, 0.6) is 0 Å². The molecule has 0 aromatic heterocycles. The smallest absolute Gasteiger partial charge is 0.0459 e. The van der Waals surface area contributed by atoms with E-state index >= 15 is 0 Å². The third kappa shape index (κ3) is 5.85. The maximum Gasteiger partial charge on any atom is 0.0459 e. The molecule has 0 saturated carbocycles. The normalized spacial score (nSPS) is 12.7. The average molecular weight is 312 g/mol. The van der Waals surface area contributed by atoms with Gasteiger partial charge in [-0.25, -0.2) is 0 Å². The predicted molar refractivity (Wildman–Crippen MR) is 94.5 cm³/mol. The fourth-order valence-electron chi connectivity index (χ4n) is 2.40. The molecule has 0 amide bonds. The Hall–Kier alpha value is -0.770. The molecule has 0 fully saturated rings. The summed E-state index contributed by atoms with van der Waals surface area (Å²) in [6.45, 7) is 7.42. The topological polar surface area (TPSA) is 32.5 Å². The SMILES string of the molecule is CCCN(CCN(C)C)c1cccc(Cl)c1CC(N)CC. The molecule has 1 aromatic rings. The van der Waals surface area contributed by atoms with Crippen molar-refractivity contribution >= 4 is 17.3 Å². The van der Waals surface area contributed by atoms with Crippen molar-refractivity contribution in [3.8, 4) is 0 Å². The molecule has 0 saturated heterocycles. The van der Waals surface area contributed by atoms with Crippen LogP contribution in [0.1, 0.15) is 32.3 Å². The lowest BCUT2D eigenvalue weighted by Crippen LogP contribution is -2.33. The number of benzene rings is 1. The zero-order valence-electron chi connectivity index (χ0n) is 13.9. The molecule has 0 bridgehead atoms. The van der Waals surface area contributed by atoms with Gasteiger partial charge < -0.3 is 15.5 Å². The molecule has 0 aliphatic carbocycles. The first-order valence-corrected chi connectivity index (χ1v) is 8.30. The quantitative estimate of drug-likeness (QED) is 0.758. The molecule has 0 spiro atoms. The van der Waals surface area contributed by atoms with Crippen LogP contribution in [-0.4, -0.2) is 44.7 Å². The first-order chi connectivity index (χ1) is 9.99. The van der Waals surface area contributed by atoms with Gasteiger partial charge in [0.2, 0.25) is 0 Å². The number of nitrogens with zero attached hydrogens (tertiary/aromatic N) is 2. The number of likely N-dealkylation sites (N-methyl/N-ethyl adjacent to an activating group) is 1. The van der Waals surface area contributed by atoms with Gasteiger partial charge >= 0.3 is 0 Å². The number of anilines is 1. The fourth-order valence-corrected chi connectivity index (χ4v) is 2.64. The van der Waals surface area contributed by atoms with Crippen molar-refractivity contribution in [1.82, 2.24) is 4.90 Å². The molecule has 0 aliphatic heterocycles. The third-order valence-corrected chi connectivity index (χ3v) is 4.09. The van der Waals surface area contributed by atoms with Crippen LogP contribution in [0.15, 0.2) is 18.2 Å². The van der Waals surface area contributed by atoms with Gasteiger partial charge in [-0.1, -0.05) is 31.5 Å². The minimum Gasteiger partial charge on any atom is -0.370 e. The average Bonchev–Trinajstić information content (AvgIpc) is 2.45. The zero-order chi connectivity index (χ0) is 15.8. The van der Waals surface area contributed by atoms with Gasteiger partial charge in [0.05, 0.1) is 0 Å². The zero-order valence-corrected chi connectivity index (χ0v) is 14.7. The maximum absolute atomic E-state index is 6.44. The van der Waals surface area contributed by atoms with Crippen molar-refractivity contribution in [3.63, 3.8) is 0 Å². The maximum atomic E-state index is 6.44. The summed E-state index contributed by atoms with van der Waals surface area (Å²) in [4.78, 5) is 4.65. The summed E-state index contributed by atoms with van der Waals surface area (Å²) >= 11 is 6.44. The molecule has 2 N–H and O–H groups in total. The molecule has 21 heavy (non-hydrogen) atoms. The lowest BCUT2D eigenvalue weighted by atomic mass is 10.0. The molecule has 1 aromatic carbocycles. The van der Waals surface area contributed by atoms with E-state index in [0.29, 0.717) is 0 Å². The van der Waals surface area contributed by atoms with Crippen molar-refractivity contribution < 1.29 is 0 Å². The predicted octanol–water partition coefficient (Wildman–Crippen LogP) is 3.40. The number of nitrogens with two attached hydrogens (primary N) is 1. The molecular formula is C17H30ClN3. The van der Waals surface area contributed by atoms with E-state index in [4.69, 9.17) is 17.3 Å². The molecule has 1 unspecified atom stereocenters. The highest BCUT2D eigenvalue weighted by atomic mass is 35.5. The van der Waals surface area contributed by atoms with E-state index in [9.17, 15) is 0 Å². The van der Waals surface area contributed by atoms with E-state index in [0.717, 1.165) is 43.9 Å². The second-order valence-electron chi connectivity index (χ2n) is 5.90. The van der Waals surface area contributed by atoms with E-state index in [1.165, 1.54) is 11.3 Å². The number of rotatable bonds is 9. The highest BCUT2D eigenvalue weighted by Gasteiger charge is 2.15. The van der Waals surface area contributed by atoms with Gasteiger partial charge in [0, 0.05) is 36.4 Å². The molecule has 4 heteroatoms. The minimum absolute atomic E-state index is 0.168. The van der Waals surface area contributed by atoms with Crippen LogP contribution in [0.2, 0.25) is 5.02 Å². The largest absolute Gasteiger partial charge is 0.370 e. The van der Waals surface area contributed by atoms with E-state index in [-0.39, 0.29) is 6.04 Å². The summed E-state index contributed by atoms with van der Waals surface area (Å²) in [5, 5.41) is 0.836. The van der Waals surface area contributed by atoms with Gasteiger partial charge in [0.25, 0.3) is 0 Å². The standard InChI is InChI=1S/C17H30ClN3/c1-5-10-21(12-11-20(3)4)17-9-7-8-16(18)15(17)13-14(19)6-2/h7-9,14H,5-6,10-13,19H2,1-4H3. The van der Waals surface area contributed by atoms with Crippen LogP contribution >= 0.6 is 11.6 Å². The Morgan fingerprint density at radius 3 is 2.43 bits per heavy atom.